The number of amides is 1. The molecule has 1 aromatic rings. The van der Waals surface area contributed by atoms with Gasteiger partial charge in [-0.25, -0.2) is 0 Å². The monoisotopic (exact) mass is 279 g/mol. The van der Waals surface area contributed by atoms with Gasteiger partial charge in [-0.3, -0.25) is 9.69 Å². The van der Waals surface area contributed by atoms with E-state index >= 15 is 0 Å². The summed E-state index contributed by atoms with van der Waals surface area (Å²) in [6.45, 7) is 6.38. The molecular weight excluding hydrogens is 258 g/mol. The lowest BCUT2D eigenvalue weighted by molar-refractivity contribution is 0.0223. The average molecular weight is 279 g/mol. The summed E-state index contributed by atoms with van der Waals surface area (Å²) in [5.41, 5.74) is 0.414. The molecule has 1 amide bonds. The second-order valence-corrected chi connectivity index (χ2v) is 5.53. The molecule has 2 fully saturated rings. The number of nitrogens with zero attached hydrogens (tertiary/aromatic N) is 4. The van der Waals surface area contributed by atoms with Crippen molar-refractivity contribution in [1.82, 2.24) is 25.2 Å². The van der Waals surface area contributed by atoms with E-state index in [1.807, 2.05) is 4.90 Å². The number of ether oxygens (including phenoxy) is 1. The van der Waals surface area contributed by atoms with Crippen molar-refractivity contribution in [2.24, 2.45) is 5.92 Å². The van der Waals surface area contributed by atoms with Gasteiger partial charge >= 0.3 is 0 Å². The van der Waals surface area contributed by atoms with Crippen LogP contribution in [0.5, 0.6) is 0 Å². The number of likely N-dealkylation sites (tertiary alicyclic amines) is 1. The summed E-state index contributed by atoms with van der Waals surface area (Å²) in [7, 11) is 0. The zero-order valence-corrected chi connectivity index (χ0v) is 11.6. The Hall–Kier alpha value is -1.47. The fourth-order valence-corrected chi connectivity index (χ4v) is 3.01. The molecule has 1 N–H and O–H groups in total. The zero-order chi connectivity index (χ0) is 13.8. The van der Waals surface area contributed by atoms with Crippen LogP contribution in [-0.4, -0.2) is 77.1 Å². The number of aromatic amines is 1. The molecule has 0 aliphatic carbocycles. The SMILES string of the molecule is O=C(c1cn[nH]n1)N1CCC[C@@H](CN2CCOCC2)C1. The first kappa shape index (κ1) is 13.5. The Bertz CT molecular complexity index is 430. The Kier molecular flexibility index (Phi) is 4.27. The van der Waals surface area contributed by atoms with Crippen molar-refractivity contribution in [1.29, 1.82) is 0 Å². The van der Waals surface area contributed by atoms with Crippen LogP contribution in [-0.2, 0) is 4.74 Å². The molecule has 1 atom stereocenters. The number of carbonyl (C=O) groups excluding carboxylic acids is 1. The Labute approximate surface area is 118 Å². The van der Waals surface area contributed by atoms with Crippen molar-refractivity contribution in [3.8, 4) is 0 Å². The predicted molar refractivity (Wildman–Crippen MR) is 72.3 cm³/mol. The van der Waals surface area contributed by atoms with Gasteiger partial charge in [-0.2, -0.15) is 15.4 Å². The number of piperidine rings is 1. The number of hydrogen-bond acceptors (Lipinski definition) is 5. The minimum Gasteiger partial charge on any atom is -0.379 e. The zero-order valence-electron chi connectivity index (χ0n) is 11.6. The second-order valence-electron chi connectivity index (χ2n) is 5.53. The fourth-order valence-electron chi connectivity index (χ4n) is 3.01. The van der Waals surface area contributed by atoms with Gasteiger partial charge in [0.2, 0.25) is 0 Å². The van der Waals surface area contributed by atoms with Gasteiger partial charge in [-0.15, -0.1) is 0 Å². The second kappa shape index (κ2) is 6.32. The van der Waals surface area contributed by atoms with E-state index in [-0.39, 0.29) is 5.91 Å². The molecule has 20 heavy (non-hydrogen) atoms. The molecule has 2 aliphatic rings. The number of hydrogen-bond donors (Lipinski definition) is 1. The minimum atomic E-state index is -0.00886. The van der Waals surface area contributed by atoms with Gasteiger partial charge in [0.15, 0.2) is 5.69 Å². The third-order valence-electron chi connectivity index (χ3n) is 4.06. The van der Waals surface area contributed by atoms with Gasteiger partial charge in [0.05, 0.1) is 19.4 Å². The lowest BCUT2D eigenvalue weighted by Gasteiger charge is -2.36. The third kappa shape index (κ3) is 3.16. The Morgan fingerprint density at radius 2 is 2.25 bits per heavy atom. The smallest absolute Gasteiger partial charge is 0.276 e. The molecule has 0 radical (unpaired) electrons. The van der Waals surface area contributed by atoms with E-state index in [1.165, 1.54) is 12.6 Å². The van der Waals surface area contributed by atoms with Crippen LogP contribution in [0.2, 0.25) is 0 Å². The molecule has 0 spiro atoms. The highest BCUT2D eigenvalue weighted by Crippen LogP contribution is 2.19. The first-order valence-corrected chi connectivity index (χ1v) is 7.28. The summed E-state index contributed by atoms with van der Waals surface area (Å²) in [6, 6.07) is 0. The molecule has 0 aromatic carbocycles. The summed E-state index contributed by atoms with van der Waals surface area (Å²) in [5.74, 6) is 0.545. The molecule has 2 saturated heterocycles. The summed E-state index contributed by atoms with van der Waals surface area (Å²) in [5, 5.41) is 10.1. The first-order chi connectivity index (χ1) is 9.83. The van der Waals surface area contributed by atoms with Crippen LogP contribution < -0.4 is 0 Å². The van der Waals surface area contributed by atoms with Gasteiger partial charge in [0.25, 0.3) is 5.91 Å². The van der Waals surface area contributed by atoms with Gasteiger partial charge < -0.3 is 9.64 Å². The van der Waals surface area contributed by atoms with Gasteiger partial charge in [0.1, 0.15) is 0 Å². The van der Waals surface area contributed by atoms with Crippen LogP contribution >= 0.6 is 0 Å². The standard InChI is InChI=1S/C13H21N5O2/c19-13(12-8-14-16-15-12)18-3-1-2-11(10-18)9-17-4-6-20-7-5-17/h8,11H,1-7,9-10H2,(H,14,15,16)/t11-/m0/s1. The van der Waals surface area contributed by atoms with Crippen molar-refractivity contribution in [2.75, 3.05) is 45.9 Å². The first-order valence-electron chi connectivity index (χ1n) is 7.28. The molecular formula is C13H21N5O2. The van der Waals surface area contributed by atoms with Crippen molar-refractivity contribution >= 4 is 5.91 Å². The van der Waals surface area contributed by atoms with Crippen LogP contribution in [0, 0.1) is 5.92 Å². The highest BCUT2D eigenvalue weighted by molar-refractivity contribution is 5.91. The predicted octanol–water partition coefficient (Wildman–Crippen LogP) is -0.0109. The van der Waals surface area contributed by atoms with E-state index in [9.17, 15) is 4.79 Å². The lowest BCUT2D eigenvalue weighted by Crippen LogP contribution is -2.46. The van der Waals surface area contributed by atoms with Gasteiger partial charge in [0, 0.05) is 32.7 Å². The highest BCUT2D eigenvalue weighted by atomic mass is 16.5. The van der Waals surface area contributed by atoms with Crippen LogP contribution in [0.15, 0.2) is 6.20 Å². The molecule has 7 nitrogen and oxygen atoms in total. The maximum atomic E-state index is 12.3. The number of nitrogens with one attached hydrogen (secondary N) is 1. The number of H-pyrrole nitrogens is 1. The molecule has 7 heteroatoms. The molecule has 1 aromatic heterocycles. The van der Waals surface area contributed by atoms with Crippen molar-refractivity contribution < 1.29 is 9.53 Å². The number of carbonyl (C=O) groups is 1. The van der Waals surface area contributed by atoms with Crippen molar-refractivity contribution in [3.05, 3.63) is 11.9 Å². The molecule has 0 saturated carbocycles. The average Bonchev–Trinajstić information content (AvgIpc) is 3.02. The van der Waals surface area contributed by atoms with E-state index in [1.54, 1.807) is 0 Å². The number of morpholine rings is 1. The molecule has 3 heterocycles. The van der Waals surface area contributed by atoms with Crippen LogP contribution in [0.1, 0.15) is 23.3 Å². The van der Waals surface area contributed by atoms with E-state index in [0.29, 0.717) is 11.6 Å². The highest BCUT2D eigenvalue weighted by Gasteiger charge is 2.27. The summed E-state index contributed by atoms with van der Waals surface area (Å²) in [6.07, 6.45) is 3.76. The number of aromatic nitrogens is 3. The van der Waals surface area contributed by atoms with Crippen LogP contribution in [0.3, 0.4) is 0 Å². The lowest BCUT2D eigenvalue weighted by atomic mass is 9.97. The quantitative estimate of drug-likeness (QED) is 0.842. The topological polar surface area (TPSA) is 74.4 Å². The Morgan fingerprint density at radius 3 is 3.00 bits per heavy atom. The van der Waals surface area contributed by atoms with E-state index in [2.05, 4.69) is 20.3 Å². The summed E-state index contributed by atoms with van der Waals surface area (Å²) in [4.78, 5) is 16.6. The molecule has 3 rings (SSSR count). The van der Waals surface area contributed by atoms with E-state index in [4.69, 9.17) is 4.74 Å². The maximum Gasteiger partial charge on any atom is 0.276 e. The third-order valence-corrected chi connectivity index (χ3v) is 4.06. The fraction of sp³-hybridized carbons (Fsp3) is 0.769. The summed E-state index contributed by atoms with van der Waals surface area (Å²) >= 11 is 0. The van der Waals surface area contributed by atoms with Crippen LogP contribution in [0.25, 0.3) is 0 Å². The Balaban J connectivity index is 1.54. The maximum absolute atomic E-state index is 12.3. The van der Waals surface area contributed by atoms with Gasteiger partial charge in [-0.1, -0.05) is 0 Å². The largest absolute Gasteiger partial charge is 0.379 e. The molecule has 110 valence electrons. The summed E-state index contributed by atoms with van der Waals surface area (Å²) < 4.78 is 5.37. The molecule has 0 unspecified atom stereocenters. The van der Waals surface area contributed by atoms with Gasteiger partial charge in [-0.05, 0) is 18.8 Å². The minimum absolute atomic E-state index is 0.00886. The molecule has 2 aliphatic heterocycles. The number of rotatable bonds is 3. The van der Waals surface area contributed by atoms with Crippen LogP contribution in [0.4, 0.5) is 0 Å². The Morgan fingerprint density at radius 1 is 1.40 bits per heavy atom. The van der Waals surface area contributed by atoms with E-state index in [0.717, 1.165) is 52.4 Å². The normalized spacial score (nSPS) is 24.8. The molecule has 0 bridgehead atoms. The van der Waals surface area contributed by atoms with Crippen molar-refractivity contribution in [3.63, 3.8) is 0 Å². The van der Waals surface area contributed by atoms with Crippen molar-refractivity contribution in [2.45, 2.75) is 12.8 Å². The van der Waals surface area contributed by atoms with E-state index < -0.39 is 0 Å².